The Kier molecular flexibility index (Phi) is 1.86. The number of aryl methyl sites for hydroxylation is 1. The number of nitrogens with one attached hydrogen (secondary N) is 1. The Morgan fingerprint density at radius 2 is 2.08 bits per heavy atom. The van der Waals surface area contributed by atoms with Gasteiger partial charge < -0.3 is 4.98 Å². The fraction of sp³-hybridized carbons (Fsp3) is 0.182. The molecular formula is C11H12N. The normalized spacial score (nSPS) is 10.8. The Labute approximate surface area is 72.4 Å². The topological polar surface area (TPSA) is 15.8 Å². The molecule has 0 saturated heterocycles. The minimum absolute atomic E-state index is 0.951. The Morgan fingerprint density at radius 3 is 2.83 bits per heavy atom. The van der Waals surface area contributed by atoms with Gasteiger partial charge in [-0.05, 0) is 30.4 Å². The molecule has 1 nitrogen and oxygen atoms in total. The molecule has 12 heavy (non-hydrogen) atoms. The molecule has 1 aromatic carbocycles. The molecule has 61 valence electrons. The lowest BCUT2D eigenvalue weighted by atomic mass is 10.2. The van der Waals surface area contributed by atoms with Crippen LogP contribution in [0.1, 0.15) is 12.1 Å². The second kappa shape index (κ2) is 3.02. The lowest BCUT2D eigenvalue weighted by Gasteiger charge is -1.88. The van der Waals surface area contributed by atoms with Gasteiger partial charge >= 0.3 is 0 Å². The van der Waals surface area contributed by atoms with Crippen LogP contribution >= 0.6 is 0 Å². The van der Waals surface area contributed by atoms with Crippen molar-refractivity contribution in [2.75, 3.05) is 0 Å². The largest absolute Gasteiger partial charge is 0.358 e. The summed E-state index contributed by atoms with van der Waals surface area (Å²) in [7, 11) is 0. The van der Waals surface area contributed by atoms with E-state index >= 15 is 0 Å². The van der Waals surface area contributed by atoms with Crippen molar-refractivity contribution >= 4 is 10.9 Å². The van der Waals surface area contributed by atoms with Gasteiger partial charge in [0, 0.05) is 11.2 Å². The number of rotatable bonds is 2. The quantitative estimate of drug-likeness (QED) is 0.691. The van der Waals surface area contributed by atoms with Crippen molar-refractivity contribution in [3.05, 3.63) is 42.9 Å². The molecule has 0 aliphatic carbocycles. The van der Waals surface area contributed by atoms with Crippen molar-refractivity contribution in [2.45, 2.75) is 12.8 Å². The van der Waals surface area contributed by atoms with Gasteiger partial charge in [-0.2, -0.15) is 0 Å². The summed E-state index contributed by atoms with van der Waals surface area (Å²) in [5.74, 6) is 0. The Hall–Kier alpha value is -1.24. The lowest BCUT2D eigenvalue weighted by Crippen LogP contribution is -1.80. The average Bonchev–Trinajstić information content (AvgIpc) is 2.47. The first kappa shape index (κ1) is 7.41. The molecule has 0 saturated carbocycles. The molecule has 0 fully saturated rings. The van der Waals surface area contributed by atoms with Crippen LogP contribution in [-0.2, 0) is 6.42 Å². The van der Waals surface area contributed by atoms with Crippen LogP contribution in [0.3, 0.4) is 0 Å². The highest BCUT2D eigenvalue weighted by atomic mass is 14.7. The van der Waals surface area contributed by atoms with Crippen LogP contribution in [0.15, 0.2) is 30.3 Å². The zero-order valence-corrected chi connectivity index (χ0v) is 7.01. The number of fused-ring (bicyclic) bond motifs is 1. The molecule has 0 spiro atoms. The van der Waals surface area contributed by atoms with E-state index < -0.39 is 0 Å². The number of benzene rings is 1. The number of aromatic amines is 1. The van der Waals surface area contributed by atoms with E-state index in [0.29, 0.717) is 0 Å². The number of aromatic nitrogens is 1. The summed E-state index contributed by atoms with van der Waals surface area (Å²) in [5, 5.41) is 1.29. The molecule has 0 bridgehead atoms. The van der Waals surface area contributed by atoms with Crippen LogP contribution in [0.2, 0.25) is 0 Å². The number of H-pyrrole nitrogens is 1. The van der Waals surface area contributed by atoms with Gasteiger partial charge in [-0.1, -0.05) is 25.1 Å². The standard InChI is InChI=1S/C11H12N/c1-2-5-10-8-9-6-3-4-7-11(9)12-10/h3-4,6-8,12H,1-2,5H2. The van der Waals surface area contributed by atoms with Crippen molar-refractivity contribution in [3.8, 4) is 0 Å². The van der Waals surface area contributed by atoms with E-state index in [-0.39, 0.29) is 0 Å². The van der Waals surface area contributed by atoms with Crippen molar-refractivity contribution in [1.29, 1.82) is 0 Å². The highest BCUT2D eigenvalue weighted by Crippen LogP contribution is 2.15. The third-order valence-corrected chi connectivity index (χ3v) is 2.03. The summed E-state index contributed by atoms with van der Waals surface area (Å²) >= 11 is 0. The summed E-state index contributed by atoms with van der Waals surface area (Å²) in [4.78, 5) is 3.36. The molecular weight excluding hydrogens is 146 g/mol. The first-order chi connectivity index (χ1) is 5.90. The van der Waals surface area contributed by atoms with E-state index in [0.717, 1.165) is 12.8 Å². The van der Waals surface area contributed by atoms with Crippen LogP contribution < -0.4 is 0 Å². The Balaban J connectivity index is 2.47. The molecule has 1 radical (unpaired) electrons. The molecule has 1 aromatic heterocycles. The van der Waals surface area contributed by atoms with Crippen molar-refractivity contribution in [3.63, 3.8) is 0 Å². The predicted molar refractivity (Wildman–Crippen MR) is 52.0 cm³/mol. The molecule has 0 atom stereocenters. The van der Waals surface area contributed by atoms with Crippen LogP contribution in [0.5, 0.6) is 0 Å². The maximum Gasteiger partial charge on any atom is 0.0456 e. The maximum absolute atomic E-state index is 3.83. The fourth-order valence-electron chi connectivity index (χ4n) is 1.46. The van der Waals surface area contributed by atoms with Gasteiger partial charge in [-0.3, -0.25) is 0 Å². The number of para-hydroxylation sites is 1. The Morgan fingerprint density at radius 1 is 1.25 bits per heavy atom. The Bertz CT molecular complexity index is 340. The summed E-state index contributed by atoms with van der Waals surface area (Å²) in [6.07, 6.45) is 1.99. The first-order valence-corrected chi connectivity index (χ1v) is 4.26. The summed E-state index contributed by atoms with van der Waals surface area (Å²) in [6.45, 7) is 3.83. The van der Waals surface area contributed by atoms with Crippen molar-refractivity contribution in [2.24, 2.45) is 0 Å². The molecule has 1 heterocycles. The smallest absolute Gasteiger partial charge is 0.0456 e. The molecule has 0 amide bonds. The van der Waals surface area contributed by atoms with Gasteiger partial charge in [0.2, 0.25) is 0 Å². The van der Waals surface area contributed by atoms with Crippen LogP contribution in [0, 0.1) is 6.92 Å². The molecule has 0 aliphatic rings. The summed E-state index contributed by atoms with van der Waals surface area (Å²) in [6, 6.07) is 10.5. The third kappa shape index (κ3) is 1.22. The van der Waals surface area contributed by atoms with Crippen molar-refractivity contribution < 1.29 is 0 Å². The van der Waals surface area contributed by atoms with Gasteiger partial charge in [0.15, 0.2) is 0 Å². The molecule has 0 unspecified atom stereocenters. The second-order valence-electron chi connectivity index (χ2n) is 2.99. The monoisotopic (exact) mass is 158 g/mol. The van der Waals surface area contributed by atoms with Crippen molar-refractivity contribution in [1.82, 2.24) is 4.98 Å². The van der Waals surface area contributed by atoms with Gasteiger partial charge in [0.25, 0.3) is 0 Å². The van der Waals surface area contributed by atoms with Gasteiger partial charge in [0.05, 0.1) is 0 Å². The average molecular weight is 158 g/mol. The van der Waals surface area contributed by atoms with E-state index in [1.165, 1.54) is 16.6 Å². The maximum atomic E-state index is 3.83. The predicted octanol–water partition coefficient (Wildman–Crippen LogP) is 2.93. The van der Waals surface area contributed by atoms with E-state index in [1.807, 2.05) is 6.07 Å². The van der Waals surface area contributed by atoms with Gasteiger partial charge in [0.1, 0.15) is 0 Å². The molecule has 0 aliphatic heterocycles. The van der Waals surface area contributed by atoms with Crippen LogP contribution in [0.25, 0.3) is 10.9 Å². The minimum Gasteiger partial charge on any atom is -0.358 e. The zero-order valence-electron chi connectivity index (χ0n) is 7.01. The van der Waals surface area contributed by atoms with E-state index in [4.69, 9.17) is 0 Å². The SMILES string of the molecule is [CH2]CCc1cc2ccccc2[nH]1. The minimum atomic E-state index is 0.951. The van der Waals surface area contributed by atoms with E-state index in [2.05, 4.69) is 36.2 Å². The highest BCUT2D eigenvalue weighted by Gasteiger charge is 1.97. The first-order valence-electron chi connectivity index (χ1n) is 4.26. The van der Waals surface area contributed by atoms with Crippen LogP contribution in [-0.4, -0.2) is 4.98 Å². The van der Waals surface area contributed by atoms with Crippen LogP contribution in [0.4, 0.5) is 0 Å². The second-order valence-corrected chi connectivity index (χ2v) is 2.99. The summed E-state index contributed by atoms with van der Waals surface area (Å²) < 4.78 is 0. The fourth-order valence-corrected chi connectivity index (χ4v) is 1.46. The number of hydrogen-bond donors (Lipinski definition) is 1. The highest BCUT2D eigenvalue weighted by molar-refractivity contribution is 5.80. The zero-order chi connectivity index (χ0) is 8.39. The van der Waals surface area contributed by atoms with Gasteiger partial charge in [-0.25, -0.2) is 0 Å². The van der Waals surface area contributed by atoms with E-state index in [1.54, 1.807) is 0 Å². The molecule has 1 heteroatoms. The van der Waals surface area contributed by atoms with Gasteiger partial charge in [-0.15, -0.1) is 0 Å². The third-order valence-electron chi connectivity index (χ3n) is 2.03. The molecule has 1 N–H and O–H groups in total. The number of hydrogen-bond acceptors (Lipinski definition) is 0. The molecule has 2 rings (SSSR count). The summed E-state index contributed by atoms with van der Waals surface area (Å²) in [5.41, 5.74) is 2.51. The lowest BCUT2D eigenvalue weighted by molar-refractivity contribution is 0.962. The van der Waals surface area contributed by atoms with E-state index in [9.17, 15) is 0 Å². The molecule has 2 aromatic rings.